The van der Waals surface area contributed by atoms with Crippen molar-refractivity contribution >= 4 is 5.96 Å². The Kier molecular flexibility index (Phi) is 5.90. The molecule has 112 valence electrons. The van der Waals surface area contributed by atoms with E-state index in [1.54, 1.807) is 7.05 Å². The van der Waals surface area contributed by atoms with Crippen molar-refractivity contribution in [2.45, 2.75) is 31.5 Å². The zero-order chi connectivity index (χ0) is 14.5. The van der Waals surface area contributed by atoms with Crippen LogP contribution in [-0.4, -0.2) is 57.3 Å². The predicted molar refractivity (Wildman–Crippen MR) is 70.2 cm³/mol. The lowest BCUT2D eigenvalue weighted by molar-refractivity contribution is -0.132. The van der Waals surface area contributed by atoms with Gasteiger partial charge in [0, 0.05) is 26.2 Å². The van der Waals surface area contributed by atoms with Gasteiger partial charge in [-0.15, -0.1) is 0 Å². The number of guanidine groups is 1. The minimum Gasteiger partial charge on any atom is -0.356 e. The Morgan fingerprint density at radius 2 is 1.95 bits per heavy atom. The average molecular weight is 280 g/mol. The second-order valence-corrected chi connectivity index (χ2v) is 5.11. The Hall–Kier alpha value is -0.980. The van der Waals surface area contributed by atoms with Crippen LogP contribution < -0.4 is 10.6 Å². The molecule has 1 aliphatic carbocycles. The largest absolute Gasteiger partial charge is 0.390 e. The number of hydrogen-bond acceptors (Lipinski definition) is 2. The standard InChI is InChI=1S/C12H23F3N4/c1-16-11(17-7-6-12(13,14)15)18-8-10(19(2)3)9-4-5-9/h9-10H,4-8H2,1-3H3,(H2,16,17,18). The van der Waals surface area contributed by atoms with E-state index in [-0.39, 0.29) is 6.54 Å². The zero-order valence-corrected chi connectivity index (χ0v) is 11.7. The summed E-state index contributed by atoms with van der Waals surface area (Å²) in [6.45, 7) is 0.544. The van der Waals surface area contributed by atoms with E-state index >= 15 is 0 Å². The normalized spacial score (nSPS) is 18.6. The molecule has 1 unspecified atom stereocenters. The summed E-state index contributed by atoms with van der Waals surface area (Å²) in [7, 11) is 5.60. The van der Waals surface area contributed by atoms with Gasteiger partial charge in [0.2, 0.25) is 0 Å². The van der Waals surface area contributed by atoms with Crippen LogP contribution in [0.15, 0.2) is 4.99 Å². The molecule has 0 radical (unpaired) electrons. The number of nitrogens with one attached hydrogen (secondary N) is 2. The van der Waals surface area contributed by atoms with Crippen LogP contribution in [0.1, 0.15) is 19.3 Å². The maximum atomic E-state index is 12.0. The van der Waals surface area contributed by atoms with Crippen molar-refractivity contribution in [3.63, 3.8) is 0 Å². The fourth-order valence-corrected chi connectivity index (χ4v) is 2.00. The summed E-state index contributed by atoms with van der Waals surface area (Å²) in [6, 6.07) is 0.404. The first-order chi connectivity index (χ1) is 8.83. The highest BCUT2D eigenvalue weighted by atomic mass is 19.4. The molecule has 0 aromatic rings. The highest BCUT2D eigenvalue weighted by Crippen LogP contribution is 2.34. The van der Waals surface area contributed by atoms with Crippen LogP contribution in [-0.2, 0) is 0 Å². The molecule has 0 aromatic carbocycles. The second kappa shape index (κ2) is 6.98. The van der Waals surface area contributed by atoms with Crippen LogP contribution in [0.5, 0.6) is 0 Å². The van der Waals surface area contributed by atoms with E-state index < -0.39 is 12.6 Å². The van der Waals surface area contributed by atoms with Gasteiger partial charge >= 0.3 is 6.18 Å². The molecular weight excluding hydrogens is 257 g/mol. The molecular formula is C12H23F3N4. The molecule has 1 fully saturated rings. The summed E-state index contributed by atoms with van der Waals surface area (Å²) in [5.74, 6) is 1.12. The lowest BCUT2D eigenvalue weighted by Crippen LogP contribution is -2.46. The molecule has 1 saturated carbocycles. The van der Waals surface area contributed by atoms with Crippen LogP contribution in [0.25, 0.3) is 0 Å². The quantitative estimate of drug-likeness (QED) is 0.571. The molecule has 0 amide bonds. The summed E-state index contributed by atoms with van der Waals surface area (Å²) in [5.41, 5.74) is 0. The summed E-state index contributed by atoms with van der Waals surface area (Å²) in [5, 5.41) is 5.77. The van der Waals surface area contributed by atoms with Crippen LogP contribution in [0.2, 0.25) is 0 Å². The maximum absolute atomic E-state index is 12.0. The van der Waals surface area contributed by atoms with E-state index in [2.05, 4.69) is 20.5 Å². The fraction of sp³-hybridized carbons (Fsp3) is 0.917. The average Bonchev–Trinajstić information content (AvgIpc) is 3.09. The molecule has 7 heteroatoms. The molecule has 1 rings (SSSR count). The van der Waals surface area contributed by atoms with Gasteiger partial charge in [0.05, 0.1) is 6.42 Å². The summed E-state index contributed by atoms with van der Waals surface area (Å²) in [6.07, 6.45) is -2.53. The first kappa shape index (κ1) is 16.1. The van der Waals surface area contributed by atoms with E-state index in [4.69, 9.17) is 0 Å². The van der Waals surface area contributed by atoms with Gasteiger partial charge in [0.25, 0.3) is 0 Å². The summed E-state index contributed by atoms with van der Waals surface area (Å²) in [4.78, 5) is 6.07. The van der Waals surface area contributed by atoms with E-state index in [1.807, 2.05) is 14.1 Å². The summed E-state index contributed by atoms with van der Waals surface area (Å²) < 4.78 is 36.1. The van der Waals surface area contributed by atoms with Crippen molar-refractivity contribution < 1.29 is 13.2 Å². The molecule has 1 atom stereocenters. The minimum absolute atomic E-state index is 0.154. The second-order valence-electron chi connectivity index (χ2n) is 5.11. The molecule has 0 bridgehead atoms. The third kappa shape index (κ3) is 6.66. The molecule has 0 aliphatic heterocycles. The molecule has 19 heavy (non-hydrogen) atoms. The third-order valence-corrected chi connectivity index (χ3v) is 3.23. The van der Waals surface area contributed by atoms with Gasteiger partial charge in [-0.05, 0) is 32.9 Å². The van der Waals surface area contributed by atoms with Crippen LogP contribution in [0, 0.1) is 5.92 Å². The van der Waals surface area contributed by atoms with Crippen LogP contribution >= 0.6 is 0 Å². The van der Waals surface area contributed by atoms with Gasteiger partial charge in [-0.1, -0.05) is 0 Å². The van der Waals surface area contributed by atoms with Crippen LogP contribution in [0.4, 0.5) is 13.2 Å². The number of rotatable bonds is 6. The van der Waals surface area contributed by atoms with Gasteiger partial charge in [-0.3, -0.25) is 4.99 Å². The number of halogens is 3. The summed E-state index contributed by atoms with van der Waals surface area (Å²) >= 11 is 0. The maximum Gasteiger partial charge on any atom is 0.390 e. The van der Waals surface area contributed by atoms with E-state index in [0.29, 0.717) is 24.5 Å². The minimum atomic E-state index is -4.13. The number of aliphatic imine (C=N–C) groups is 1. The van der Waals surface area contributed by atoms with Crippen molar-refractivity contribution in [2.75, 3.05) is 34.2 Å². The molecule has 0 aromatic heterocycles. The number of likely N-dealkylation sites (N-methyl/N-ethyl adjacent to an activating group) is 1. The molecule has 0 saturated heterocycles. The molecule has 0 spiro atoms. The third-order valence-electron chi connectivity index (χ3n) is 3.23. The Labute approximate surface area is 112 Å². The Morgan fingerprint density at radius 3 is 2.37 bits per heavy atom. The Balaban J connectivity index is 2.28. The lowest BCUT2D eigenvalue weighted by Gasteiger charge is -2.25. The van der Waals surface area contributed by atoms with Crippen molar-refractivity contribution in [1.82, 2.24) is 15.5 Å². The van der Waals surface area contributed by atoms with E-state index in [9.17, 15) is 13.2 Å². The van der Waals surface area contributed by atoms with Gasteiger partial charge in [0.15, 0.2) is 5.96 Å². The SMILES string of the molecule is CN=C(NCCC(F)(F)F)NCC(C1CC1)N(C)C. The van der Waals surface area contributed by atoms with Gasteiger partial charge < -0.3 is 15.5 Å². The number of nitrogens with zero attached hydrogens (tertiary/aromatic N) is 2. The number of hydrogen-bond donors (Lipinski definition) is 2. The Bertz CT molecular complexity index is 296. The molecule has 4 nitrogen and oxygen atoms in total. The first-order valence-corrected chi connectivity index (χ1v) is 6.51. The highest BCUT2D eigenvalue weighted by Gasteiger charge is 2.32. The van der Waals surface area contributed by atoms with E-state index in [0.717, 1.165) is 0 Å². The first-order valence-electron chi connectivity index (χ1n) is 6.51. The van der Waals surface area contributed by atoms with Gasteiger partial charge in [-0.2, -0.15) is 13.2 Å². The van der Waals surface area contributed by atoms with E-state index in [1.165, 1.54) is 12.8 Å². The lowest BCUT2D eigenvalue weighted by atomic mass is 10.1. The fourth-order valence-electron chi connectivity index (χ4n) is 2.00. The zero-order valence-electron chi connectivity index (χ0n) is 11.7. The topological polar surface area (TPSA) is 39.7 Å². The highest BCUT2D eigenvalue weighted by molar-refractivity contribution is 5.79. The van der Waals surface area contributed by atoms with Crippen molar-refractivity contribution in [1.29, 1.82) is 0 Å². The van der Waals surface area contributed by atoms with Crippen molar-refractivity contribution in [3.8, 4) is 0 Å². The molecule has 1 aliphatic rings. The smallest absolute Gasteiger partial charge is 0.356 e. The van der Waals surface area contributed by atoms with Crippen molar-refractivity contribution in [3.05, 3.63) is 0 Å². The Morgan fingerprint density at radius 1 is 1.32 bits per heavy atom. The molecule has 2 N–H and O–H groups in total. The van der Waals surface area contributed by atoms with Gasteiger partial charge in [0.1, 0.15) is 0 Å². The molecule has 0 heterocycles. The van der Waals surface area contributed by atoms with Gasteiger partial charge in [-0.25, -0.2) is 0 Å². The van der Waals surface area contributed by atoms with Crippen molar-refractivity contribution in [2.24, 2.45) is 10.9 Å². The number of alkyl halides is 3. The predicted octanol–water partition coefficient (Wildman–Crippen LogP) is 1.44. The van der Waals surface area contributed by atoms with Crippen LogP contribution in [0.3, 0.4) is 0 Å². The monoisotopic (exact) mass is 280 g/mol.